The molecule has 0 unspecified atom stereocenters. The quantitative estimate of drug-likeness (QED) is 0.808. The fourth-order valence-corrected chi connectivity index (χ4v) is 2.00. The second kappa shape index (κ2) is 7.19. The minimum Gasteiger partial charge on any atom is -0.306 e. The van der Waals surface area contributed by atoms with Gasteiger partial charge in [0.05, 0.1) is 11.4 Å². The number of nitrogens with zero attached hydrogens (tertiary/aromatic N) is 2. The minimum absolute atomic E-state index is 0.107. The van der Waals surface area contributed by atoms with Crippen LogP contribution in [0.25, 0.3) is 0 Å². The summed E-state index contributed by atoms with van der Waals surface area (Å²) in [5, 5.41) is 3.48. The molecule has 0 fully saturated rings. The third-order valence-electron chi connectivity index (χ3n) is 3.32. The zero-order valence-corrected chi connectivity index (χ0v) is 14.5. The van der Waals surface area contributed by atoms with Crippen molar-refractivity contribution in [3.63, 3.8) is 0 Å². The van der Waals surface area contributed by atoms with E-state index >= 15 is 0 Å². The molecule has 0 aliphatic rings. The molecule has 0 radical (unpaired) electrons. The van der Waals surface area contributed by atoms with Crippen molar-refractivity contribution in [1.82, 2.24) is 15.2 Å². The van der Waals surface area contributed by atoms with Crippen molar-refractivity contribution in [2.75, 3.05) is 6.54 Å². The molecule has 0 aliphatic heterocycles. The lowest BCUT2D eigenvalue weighted by molar-refractivity contribution is 0.143. The third-order valence-corrected chi connectivity index (χ3v) is 3.32. The highest BCUT2D eigenvalue weighted by atomic mass is 15.2. The van der Waals surface area contributed by atoms with Crippen LogP contribution in [0.1, 0.15) is 52.9 Å². The van der Waals surface area contributed by atoms with Crippen LogP contribution in [0.3, 0.4) is 0 Å². The van der Waals surface area contributed by atoms with Crippen molar-refractivity contribution in [2.24, 2.45) is 0 Å². The Morgan fingerprint density at radius 2 is 1.76 bits per heavy atom. The van der Waals surface area contributed by atoms with Crippen molar-refractivity contribution in [3.05, 3.63) is 42.2 Å². The van der Waals surface area contributed by atoms with Crippen LogP contribution in [0.15, 0.2) is 30.9 Å². The van der Waals surface area contributed by atoms with Gasteiger partial charge in [-0.2, -0.15) is 0 Å². The number of hydrogen-bond acceptors (Lipinski definition) is 3. The average Bonchev–Trinajstić information content (AvgIpc) is 2.34. The summed E-state index contributed by atoms with van der Waals surface area (Å²) in [6.07, 6.45) is 1.95. The first-order valence-electron chi connectivity index (χ1n) is 7.67. The van der Waals surface area contributed by atoms with E-state index in [1.165, 1.54) is 0 Å². The summed E-state index contributed by atoms with van der Waals surface area (Å²) < 4.78 is 0. The summed E-state index contributed by atoms with van der Waals surface area (Å²) >= 11 is 0. The van der Waals surface area contributed by atoms with Crippen LogP contribution in [0.2, 0.25) is 0 Å². The van der Waals surface area contributed by atoms with E-state index in [-0.39, 0.29) is 11.1 Å². The van der Waals surface area contributed by atoms with Crippen LogP contribution >= 0.6 is 0 Å². The zero-order chi connectivity index (χ0) is 16.1. The van der Waals surface area contributed by atoms with Crippen LogP contribution in [-0.2, 0) is 13.1 Å². The molecule has 0 bridgehead atoms. The van der Waals surface area contributed by atoms with Gasteiger partial charge in [0.1, 0.15) is 0 Å². The first-order chi connectivity index (χ1) is 9.62. The smallest absolute Gasteiger partial charge is 0.0548 e. The van der Waals surface area contributed by atoms with Crippen molar-refractivity contribution in [2.45, 2.75) is 65.7 Å². The monoisotopic (exact) mass is 289 g/mol. The van der Waals surface area contributed by atoms with Crippen LogP contribution in [0.5, 0.6) is 0 Å². The van der Waals surface area contributed by atoms with Gasteiger partial charge in [0, 0.05) is 30.7 Å². The van der Waals surface area contributed by atoms with Crippen molar-refractivity contribution < 1.29 is 0 Å². The summed E-state index contributed by atoms with van der Waals surface area (Å²) in [5.41, 5.74) is 2.42. The Balaban J connectivity index is 2.77. The minimum atomic E-state index is 0.107. The second-order valence-electron chi connectivity index (χ2n) is 7.56. The topological polar surface area (TPSA) is 28.2 Å². The van der Waals surface area contributed by atoms with Gasteiger partial charge in [-0.15, -0.1) is 6.58 Å². The molecule has 0 spiro atoms. The van der Waals surface area contributed by atoms with E-state index in [1.807, 2.05) is 6.08 Å². The lowest BCUT2D eigenvalue weighted by Gasteiger charge is -2.34. The number of hydrogen-bond donors (Lipinski definition) is 1. The maximum atomic E-state index is 4.77. The van der Waals surface area contributed by atoms with Gasteiger partial charge < -0.3 is 5.32 Å². The van der Waals surface area contributed by atoms with Crippen LogP contribution in [0, 0.1) is 0 Å². The number of rotatable bonds is 6. The molecule has 0 saturated carbocycles. The Morgan fingerprint density at radius 3 is 2.29 bits per heavy atom. The van der Waals surface area contributed by atoms with Crippen molar-refractivity contribution in [3.8, 4) is 0 Å². The zero-order valence-electron chi connectivity index (χ0n) is 14.5. The normalized spacial score (nSPS) is 12.7. The molecule has 21 heavy (non-hydrogen) atoms. The molecule has 0 saturated heterocycles. The second-order valence-corrected chi connectivity index (χ2v) is 7.56. The van der Waals surface area contributed by atoms with Gasteiger partial charge in [-0.25, -0.2) is 0 Å². The Kier molecular flexibility index (Phi) is 6.11. The molecule has 0 atom stereocenters. The molecular formula is C18H31N3. The molecule has 3 nitrogen and oxygen atoms in total. The van der Waals surface area contributed by atoms with Crippen LogP contribution in [0.4, 0.5) is 0 Å². The van der Waals surface area contributed by atoms with Gasteiger partial charge in [0.25, 0.3) is 0 Å². The highest BCUT2D eigenvalue weighted by molar-refractivity contribution is 5.12. The summed E-state index contributed by atoms with van der Waals surface area (Å²) in [6.45, 7) is 19.6. The Morgan fingerprint density at radius 1 is 1.14 bits per heavy atom. The lowest BCUT2D eigenvalue weighted by Crippen LogP contribution is -2.41. The fourth-order valence-electron chi connectivity index (χ4n) is 2.00. The van der Waals surface area contributed by atoms with E-state index in [4.69, 9.17) is 4.98 Å². The van der Waals surface area contributed by atoms with Crippen LogP contribution < -0.4 is 5.32 Å². The predicted octanol–water partition coefficient (Wildman–Crippen LogP) is 3.76. The van der Waals surface area contributed by atoms with E-state index in [2.05, 4.69) is 76.5 Å². The summed E-state index contributed by atoms with van der Waals surface area (Å²) in [7, 11) is 0. The van der Waals surface area contributed by atoms with E-state index in [1.54, 1.807) is 0 Å². The average molecular weight is 289 g/mol. The first kappa shape index (κ1) is 17.9. The standard InChI is InChI=1S/C18H31N3/c1-8-12-21(18(5,6)7)14-16-11-9-10-15(20-16)13-19-17(2,3)4/h8-11,19H,1,12-14H2,2-7H3. The summed E-state index contributed by atoms with van der Waals surface area (Å²) in [4.78, 5) is 7.15. The molecule has 1 N–H and O–H groups in total. The van der Waals surface area contributed by atoms with Gasteiger partial charge in [-0.1, -0.05) is 12.1 Å². The van der Waals surface area contributed by atoms with Gasteiger partial charge >= 0.3 is 0 Å². The Bertz CT molecular complexity index is 452. The molecule has 0 aliphatic carbocycles. The molecule has 1 rings (SSSR count). The highest BCUT2D eigenvalue weighted by Crippen LogP contribution is 2.16. The summed E-state index contributed by atoms with van der Waals surface area (Å²) in [5.74, 6) is 0. The maximum Gasteiger partial charge on any atom is 0.0548 e. The number of aromatic nitrogens is 1. The van der Waals surface area contributed by atoms with E-state index in [9.17, 15) is 0 Å². The fraction of sp³-hybridized carbons (Fsp3) is 0.611. The Hall–Kier alpha value is -1.19. The van der Waals surface area contributed by atoms with E-state index in [0.29, 0.717) is 0 Å². The predicted molar refractivity (Wildman–Crippen MR) is 91.2 cm³/mol. The van der Waals surface area contributed by atoms with Gasteiger partial charge in [-0.05, 0) is 53.7 Å². The Labute approximate surface area is 130 Å². The lowest BCUT2D eigenvalue weighted by atomic mass is 10.1. The molecule has 0 aromatic carbocycles. The SMILES string of the molecule is C=CCN(Cc1cccc(CNC(C)(C)C)n1)C(C)(C)C. The van der Waals surface area contributed by atoms with Gasteiger partial charge in [0.2, 0.25) is 0 Å². The molecule has 1 aromatic rings. The van der Waals surface area contributed by atoms with Gasteiger partial charge in [0.15, 0.2) is 0 Å². The number of nitrogens with one attached hydrogen (secondary N) is 1. The first-order valence-corrected chi connectivity index (χ1v) is 7.67. The third kappa shape index (κ3) is 6.87. The highest BCUT2D eigenvalue weighted by Gasteiger charge is 2.20. The van der Waals surface area contributed by atoms with Crippen molar-refractivity contribution >= 4 is 0 Å². The van der Waals surface area contributed by atoms with E-state index in [0.717, 1.165) is 31.0 Å². The maximum absolute atomic E-state index is 4.77. The molecular weight excluding hydrogens is 258 g/mol. The molecule has 1 aromatic heterocycles. The van der Waals surface area contributed by atoms with Gasteiger partial charge in [-0.3, -0.25) is 9.88 Å². The molecule has 1 heterocycles. The van der Waals surface area contributed by atoms with E-state index < -0.39 is 0 Å². The largest absolute Gasteiger partial charge is 0.306 e. The molecule has 118 valence electrons. The van der Waals surface area contributed by atoms with Crippen molar-refractivity contribution in [1.29, 1.82) is 0 Å². The number of pyridine rings is 1. The molecule has 3 heteroatoms. The molecule has 0 amide bonds. The van der Waals surface area contributed by atoms with Crippen LogP contribution in [-0.4, -0.2) is 27.5 Å². The summed E-state index contributed by atoms with van der Waals surface area (Å²) in [6, 6.07) is 6.27.